The fourth-order valence-corrected chi connectivity index (χ4v) is 6.98. The minimum absolute atomic E-state index is 0.0352. The molecule has 43 heavy (non-hydrogen) atoms. The lowest BCUT2D eigenvalue weighted by atomic mass is 10.0. The Kier molecular flexibility index (Phi) is 9.87. The van der Waals surface area contributed by atoms with Crippen molar-refractivity contribution in [2.24, 2.45) is 0 Å². The second kappa shape index (κ2) is 12.9. The Bertz CT molecular complexity index is 1460. The van der Waals surface area contributed by atoms with E-state index < -0.39 is 33.6 Å². The highest BCUT2D eigenvalue weighted by Gasteiger charge is 2.42. The second-order valence-electron chi connectivity index (χ2n) is 11.4. The Morgan fingerprint density at radius 3 is 2.23 bits per heavy atom. The van der Waals surface area contributed by atoms with Crippen molar-refractivity contribution in [3.05, 3.63) is 27.9 Å². The molecule has 2 aromatic rings. The van der Waals surface area contributed by atoms with Crippen LogP contribution in [0.15, 0.2) is 17.4 Å². The number of hydrogen-bond acceptors (Lipinski definition) is 9. The summed E-state index contributed by atoms with van der Waals surface area (Å²) in [7, 11) is -0.910. The zero-order chi connectivity index (χ0) is 31.7. The molecule has 2 aliphatic rings. The minimum atomic E-state index is -3.78. The number of carbonyl (C=O) groups excluding carboxylic acids is 2. The van der Waals surface area contributed by atoms with Gasteiger partial charge in [-0.2, -0.15) is 0 Å². The highest BCUT2D eigenvalue weighted by Crippen LogP contribution is 2.48. The number of halogens is 2. The van der Waals surface area contributed by atoms with Crippen molar-refractivity contribution < 1.29 is 32.2 Å². The van der Waals surface area contributed by atoms with E-state index in [1.807, 2.05) is 6.92 Å². The van der Waals surface area contributed by atoms with Crippen LogP contribution in [0.5, 0.6) is 11.5 Å². The van der Waals surface area contributed by atoms with Crippen molar-refractivity contribution in [2.45, 2.75) is 76.7 Å². The molecule has 236 valence electrons. The van der Waals surface area contributed by atoms with Crippen LogP contribution in [0, 0.1) is 0 Å². The third kappa shape index (κ3) is 6.88. The lowest BCUT2D eigenvalue weighted by molar-refractivity contribution is 0.0206. The quantitative estimate of drug-likeness (QED) is 0.327. The Balaban J connectivity index is 1.77. The Labute approximate surface area is 262 Å². The molecule has 1 aromatic heterocycles. The van der Waals surface area contributed by atoms with Crippen molar-refractivity contribution in [1.82, 2.24) is 14.9 Å². The zero-order valence-corrected chi connectivity index (χ0v) is 27.5. The molecule has 0 bridgehead atoms. The fraction of sp³-hybridized carbons (Fsp3) is 0.571. The van der Waals surface area contributed by atoms with E-state index in [-0.39, 0.29) is 50.5 Å². The number of nitrogens with zero attached hydrogens (tertiary/aromatic N) is 5. The van der Waals surface area contributed by atoms with Crippen LogP contribution in [-0.4, -0.2) is 80.1 Å². The number of sulfone groups is 1. The maximum absolute atomic E-state index is 14.4. The van der Waals surface area contributed by atoms with Gasteiger partial charge in [0.25, 0.3) is 0 Å². The van der Waals surface area contributed by atoms with Gasteiger partial charge in [-0.05, 0) is 40.0 Å². The summed E-state index contributed by atoms with van der Waals surface area (Å²) >= 11 is 13.4. The fourth-order valence-electron chi connectivity index (χ4n) is 4.98. The normalized spacial score (nSPS) is 16.3. The Hall–Kier alpha value is -3.03. The highest BCUT2D eigenvalue weighted by atomic mass is 35.5. The first kappa shape index (κ1) is 32.9. The molecule has 4 rings (SSSR count). The largest absolute Gasteiger partial charge is 0.495 e. The molecule has 0 unspecified atom stereocenters. The van der Waals surface area contributed by atoms with Crippen molar-refractivity contribution in [3.63, 3.8) is 0 Å². The van der Waals surface area contributed by atoms with Gasteiger partial charge in [0.2, 0.25) is 15.0 Å². The van der Waals surface area contributed by atoms with E-state index in [4.69, 9.17) is 37.4 Å². The predicted molar refractivity (Wildman–Crippen MR) is 163 cm³/mol. The Morgan fingerprint density at radius 2 is 1.70 bits per heavy atom. The van der Waals surface area contributed by atoms with E-state index in [1.165, 1.54) is 36.3 Å². The van der Waals surface area contributed by atoms with E-state index in [1.54, 1.807) is 25.7 Å². The van der Waals surface area contributed by atoms with E-state index >= 15 is 0 Å². The number of fused-ring (bicyclic) bond motifs is 1. The van der Waals surface area contributed by atoms with Crippen molar-refractivity contribution >= 4 is 56.7 Å². The molecular weight excluding hydrogens is 621 g/mol. The van der Waals surface area contributed by atoms with Gasteiger partial charge in [-0.3, -0.25) is 9.80 Å². The Morgan fingerprint density at radius 1 is 1.09 bits per heavy atom. The van der Waals surface area contributed by atoms with Crippen molar-refractivity contribution in [1.29, 1.82) is 0 Å². The van der Waals surface area contributed by atoms with Crippen molar-refractivity contribution in [3.8, 4) is 11.5 Å². The molecule has 0 spiro atoms. The number of piperidine rings is 1. The molecule has 0 atom stereocenters. The van der Waals surface area contributed by atoms with E-state index in [0.717, 1.165) is 0 Å². The van der Waals surface area contributed by atoms with Gasteiger partial charge in [0, 0.05) is 37.0 Å². The number of urea groups is 1. The first-order valence-electron chi connectivity index (χ1n) is 14.0. The van der Waals surface area contributed by atoms with Crippen LogP contribution in [0.4, 0.5) is 21.1 Å². The maximum Gasteiger partial charge on any atom is 0.410 e. The number of methoxy groups -OCH3 is 2. The first-order chi connectivity index (χ1) is 20.2. The molecule has 3 heterocycles. The number of anilines is 2. The SMILES string of the molecule is CCCCS(=O)(=O)c1ncc2c(n1)N(C1CCN(C(=O)OC(C)(C)C)CC1)C(=O)N(c1c(Cl)c(OC)cc(OC)c1Cl)C2. The van der Waals surface area contributed by atoms with Crippen LogP contribution >= 0.6 is 23.2 Å². The molecule has 15 heteroatoms. The summed E-state index contributed by atoms with van der Waals surface area (Å²) < 4.78 is 42.4. The molecule has 3 amide bonds. The lowest BCUT2D eigenvalue weighted by Gasteiger charge is -2.43. The molecule has 0 N–H and O–H groups in total. The number of hydrogen-bond donors (Lipinski definition) is 0. The topological polar surface area (TPSA) is 131 Å². The number of ether oxygens (including phenoxy) is 3. The molecular formula is C28H37Cl2N5O7S. The monoisotopic (exact) mass is 657 g/mol. The van der Waals surface area contributed by atoms with Crippen LogP contribution in [-0.2, 0) is 21.1 Å². The maximum atomic E-state index is 14.4. The summed E-state index contributed by atoms with van der Waals surface area (Å²) in [4.78, 5) is 40.1. The number of carbonyl (C=O) groups is 2. The molecule has 0 radical (unpaired) electrons. The van der Waals surface area contributed by atoms with Crippen LogP contribution in [0.2, 0.25) is 10.0 Å². The number of likely N-dealkylation sites (tertiary alicyclic amines) is 1. The lowest BCUT2D eigenvalue weighted by Crippen LogP contribution is -2.56. The third-order valence-corrected chi connectivity index (χ3v) is 9.47. The molecule has 12 nitrogen and oxygen atoms in total. The predicted octanol–water partition coefficient (Wildman–Crippen LogP) is 5.72. The van der Waals surface area contributed by atoms with Gasteiger partial charge in [0.1, 0.15) is 33.0 Å². The van der Waals surface area contributed by atoms with Gasteiger partial charge in [-0.25, -0.2) is 28.0 Å². The molecule has 0 saturated carbocycles. The third-order valence-electron chi connectivity index (χ3n) is 7.16. The van der Waals surface area contributed by atoms with Gasteiger partial charge < -0.3 is 19.1 Å². The summed E-state index contributed by atoms with van der Waals surface area (Å²) in [5.74, 6) is 0.597. The summed E-state index contributed by atoms with van der Waals surface area (Å²) in [6.45, 7) is 7.89. The first-order valence-corrected chi connectivity index (χ1v) is 16.4. The van der Waals surface area contributed by atoms with Gasteiger partial charge in [0.05, 0.1) is 32.2 Å². The molecule has 2 aliphatic heterocycles. The van der Waals surface area contributed by atoms with Crippen LogP contribution in [0.3, 0.4) is 0 Å². The summed E-state index contributed by atoms with van der Waals surface area (Å²) in [6.07, 6.45) is 2.91. The highest BCUT2D eigenvalue weighted by molar-refractivity contribution is 7.91. The summed E-state index contributed by atoms with van der Waals surface area (Å²) in [6, 6.07) is 0.578. The van der Waals surface area contributed by atoms with Crippen LogP contribution in [0.1, 0.15) is 58.9 Å². The van der Waals surface area contributed by atoms with Gasteiger partial charge in [0.15, 0.2) is 0 Å². The second-order valence-corrected chi connectivity index (χ2v) is 14.1. The number of amides is 3. The van der Waals surface area contributed by atoms with E-state index in [9.17, 15) is 18.0 Å². The van der Waals surface area contributed by atoms with Gasteiger partial charge in [-0.15, -0.1) is 0 Å². The number of unbranched alkanes of at least 4 members (excludes halogenated alkanes) is 1. The average molecular weight is 659 g/mol. The van der Waals surface area contributed by atoms with E-state index in [0.29, 0.717) is 44.3 Å². The van der Waals surface area contributed by atoms with E-state index in [2.05, 4.69) is 9.97 Å². The van der Waals surface area contributed by atoms with Gasteiger partial charge in [-0.1, -0.05) is 36.5 Å². The molecule has 1 aromatic carbocycles. The zero-order valence-electron chi connectivity index (χ0n) is 25.1. The molecule has 1 fully saturated rings. The van der Waals surface area contributed by atoms with Gasteiger partial charge >= 0.3 is 12.1 Å². The van der Waals surface area contributed by atoms with Crippen LogP contribution in [0.25, 0.3) is 0 Å². The smallest absolute Gasteiger partial charge is 0.410 e. The number of benzene rings is 1. The molecule has 0 aliphatic carbocycles. The standard InChI is InChI=1S/C28H37Cl2N5O7S/c1-7-8-13-43(38,39)25-31-15-17-16-34(23-21(29)19(40-5)14-20(41-6)22(23)30)26(36)35(24(17)32-25)18-9-11-33(12-10-18)27(37)42-28(2,3)4/h14-15,18H,7-13,16H2,1-6H3. The minimum Gasteiger partial charge on any atom is -0.495 e. The van der Waals surface area contributed by atoms with Crippen LogP contribution < -0.4 is 19.3 Å². The van der Waals surface area contributed by atoms with Crippen molar-refractivity contribution in [2.75, 3.05) is 42.9 Å². The summed E-state index contributed by atoms with van der Waals surface area (Å²) in [5, 5.41) is -0.134. The molecule has 1 saturated heterocycles. The summed E-state index contributed by atoms with van der Waals surface area (Å²) in [5.41, 5.74) is 0.0203. The average Bonchev–Trinajstić information content (AvgIpc) is 2.95. The number of aromatic nitrogens is 2. The number of rotatable bonds is 8.